The number of carbonyl (C=O) groups excluding carboxylic acids is 2. The van der Waals surface area contributed by atoms with Crippen molar-refractivity contribution >= 4 is 27.5 Å². The number of carbonyl (C=O) groups is 2. The summed E-state index contributed by atoms with van der Waals surface area (Å²) in [6, 6.07) is 20.9. The summed E-state index contributed by atoms with van der Waals surface area (Å²) in [7, 11) is -1.25. The van der Waals surface area contributed by atoms with Crippen molar-refractivity contribution < 1.29 is 27.5 Å². The minimum atomic E-state index is -4.17. The van der Waals surface area contributed by atoms with Gasteiger partial charge in [0.05, 0.1) is 24.8 Å². The molecule has 9 nitrogen and oxygen atoms in total. The largest absolute Gasteiger partial charge is 0.493 e. The van der Waals surface area contributed by atoms with E-state index in [0.717, 1.165) is 9.87 Å². The van der Waals surface area contributed by atoms with Crippen LogP contribution in [0.1, 0.15) is 19.4 Å². The van der Waals surface area contributed by atoms with Gasteiger partial charge < -0.3 is 19.7 Å². The Kier molecular flexibility index (Phi) is 9.72. The van der Waals surface area contributed by atoms with Gasteiger partial charge >= 0.3 is 0 Å². The number of nitrogens with zero attached hydrogens (tertiary/aromatic N) is 2. The van der Waals surface area contributed by atoms with Crippen molar-refractivity contribution in [1.29, 1.82) is 0 Å². The van der Waals surface area contributed by atoms with Crippen molar-refractivity contribution in [2.24, 2.45) is 0 Å². The van der Waals surface area contributed by atoms with Crippen LogP contribution in [0.2, 0.25) is 0 Å². The van der Waals surface area contributed by atoms with Crippen molar-refractivity contribution in [3.05, 3.63) is 84.4 Å². The molecule has 0 spiro atoms. The molecule has 0 aliphatic rings. The predicted molar refractivity (Wildman–Crippen MR) is 146 cm³/mol. The Morgan fingerprint density at radius 3 is 2.08 bits per heavy atom. The predicted octanol–water partition coefficient (Wildman–Crippen LogP) is 3.45. The second-order valence-corrected chi connectivity index (χ2v) is 10.3. The molecule has 38 heavy (non-hydrogen) atoms. The smallest absolute Gasteiger partial charge is 0.264 e. The quantitative estimate of drug-likeness (QED) is 0.378. The molecular weight excluding hydrogens is 506 g/mol. The summed E-state index contributed by atoms with van der Waals surface area (Å²) in [5.74, 6) is -0.153. The lowest BCUT2D eigenvalue weighted by Crippen LogP contribution is -2.51. The highest BCUT2D eigenvalue weighted by molar-refractivity contribution is 7.92. The van der Waals surface area contributed by atoms with Gasteiger partial charge in [-0.3, -0.25) is 13.9 Å². The summed E-state index contributed by atoms with van der Waals surface area (Å²) < 4.78 is 39.3. The monoisotopic (exact) mass is 539 g/mol. The van der Waals surface area contributed by atoms with Crippen molar-refractivity contribution in [2.45, 2.75) is 31.3 Å². The maximum Gasteiger partial charge on any atom is 0.264 e. The van der Waals surface area contributed by atoms with Crippen LogP contribution in [0, 0.1) is 0 Å². The first-order valence-electron chi connectivity index (χ1n) is 12.1. The van der Waals surface area contributed by atoms with Gasteiger partial charge in [-0.1, -0.05) is 48.5 Å². The zero-order chi connectivity index (χ0) is 27.7. The van der Waals surface area contributed by atoms with Crippen LogP contribution in [0.3, 0.4) is 0 Å². The number of rotatable bonds is 12. The zero-order valence-corrected chi connectivity index (χ0v) is 22.8. The molecule has 0 unspecified atom stereocenters. The molecule has 1 atom stereocenters. The van der Waals surface area contributed by atoms with E-state index in [2.05, 4.69) is 5.32 Å². The number of hydrogen-bond donors (Lipinski definition) is 1. The third kappa shape index (κ3) is 6.63. The van der Waals surface area contributed by atoms with Gasteiger partial charge in [0.25, 0.3) is 10.0 Å². The molecule has 10 heteroatoms. The molecule has 0 aliphatic heterocycles. The maximum atomic E-state index is 13.8. The summed E-state index contributed by atoms with van der Waals surface area (Å²) in [6.45, 7) is 3.40. The highest BCUT2D eigenvalue weighted by Gasteiger charge is 2.32. The second kappa shape index (κ2) is 13.0. The Morgan fingerprint density at radius 2 is 1.50 bits per heavy atom. The van der Waals surface area contributed by atoms with E-state index in [-0.39, 0.29) is 23.0 Å². The summed E-state index contributed by atoms with van der Waals surface area (Å²) in [4.78, 5) is 28.0. The van der Waals surface area contributed by atoms with E-state index < -0.39 is 28.5 Å². The minimum absolute atomic E-state index is 0.0222. The lowest BCUT2D eigenvalue weighted by molar-refractivity contribution is -0.139. The van der Waals surface area contributed by atoms with Gasteiger partial charge in [0.2, 0.25) is 11.8 Å². The first kappa shape index (κ1) is 28.5. The average molecular weight is 540 g/mol. The number of sulfonamides is 1. The van der Waals surface area contributed by atoms with E-state index in [4.69, 9.17) is 9.47 Å². The fourth-order valence-electron chi connectivity index (χ4n) is 3.91. The van der Waals surface area contributed by atoms with Crippen LogP contribution < -0.4 is 19.1 Å². The Balaban J connectivity index is 2.06. The number of anilines is 1. The van der Waals surface area contributed by atoms with Crippen molar-refractivity contribution in [1.82, 2.24) is 10.2 Å². The molecule has 3 rings (SSSR count). The summed E-state index contributed by atoms with van der Waals surface area (Å²) in [5.41, 5.74) is 1.02. The second-order valence-electron chi connectivity index (χ2n) is 8.44. The number of nitrogens with one attached hydrogen (secondary N) is 1. The SMILES string of the molecule is CCNC(=O)[C@@H](C)N(Cc1ccccc1)C(=O)CN(c1ccc(OC)c(OC)c1)S(=O)(=O)c1ccccc1. The van der Waals surface area contributed by atoms with Gasteiger partial charge in [-0.15, -0.1) is 0 Å². The molecule has 3 aromatic rings. The van der Waals surface area contributed by atoms with Crippen LogP contribution in [0.15, 0.2) is 83.8 Å². The molecule has 0 saturated heterocycles. The molecule has 2 amide bonds. The summed E-state index contributed by atoms with van der Waals surface area (Å²) in [6.07, 6.45) is 0. The highest BCUT2D eigenvalue weighted by atomic mass is 32.2. The first-order valence-corrected chi connectivity index (χ1v) is 13.6. The Morgan fingerprint density at radius 1 is 0.895 bits per heavy atom. The highest BCUT2D eigenvalue weighted by Crippen LogP contribution is 2.34. The standard InChI is InChI=1S/C28H33N3O6S/c1-5-29-28(33)21(2)30(19-22-12-8-6-9-13-22)27(32)20-31(38(34,35)24-14-10-7-11-15-24)23-16-17-25(36-3)26(18-23)37-4/h6-18,21H,5,19-20H2,1-4H3,(H,29,33)/t21-/m1/s1. The fraction of sp³-hybridized carbons (Fsp3) is 0.286. The van der Waals surface area contributed by atoms with Crippen LogP contribution in [0.25, 0.3) is 0 Å². The van der Waals surface area contributed by atoms with Crippen LogP contribution >= 0.6 is 0 Å². The molecule has 0 bridgehead atoms. The van der Waals surface area contributed by atoms with Gasteiger partial charge in [0.15, 0.2) is 11.5 Å². The van der Waals surface area contributed by atoms with Gasteiger partial charge in [0, 0.05) is 19.2 Å². The number of methoxy groups -OCH3 is 2. The van der Waals surface area contributed by atoms with Crippen LogP contribution in [0.5, 0.6) is 11.5 Å². The van der Waals surface area contributed by atoms with E-state index in [1.165, 1.54) is 37.3 Å². The van der Waals surface area contributed by atoms with Gasteiger partial charge in [0.1, 0.15) is 12.6 Å². The van der Waals surface area contributed by atoms with E-state index in [1.807, 2.05) is 30.3 Å². The van der Waals surface area contributed by atoms with Crippen LogP contribution in [0.4, 0.5) is 5.69 Å². The number of benzene rings is 3. The van der Waals surface area contributed by atoms with Crippen molar-refractivity contribution in [3.63, 3.8) is 0 Å². The third-order valence-corrected chi connectivity index (χ3v) is 7.77. The number of likely N-dealkylation sites (N-methyl/N-ethyl adjacent to an activating group) is 1. The zero-order valence-electron chi connectivity index (χ0n) is 22.0. The molecule has 0 radical (unpaired) electrons. The Labute approximate surface area is 224 Å². The summed E-state index contributed by atoms with van der Waals surface area (Å²) in [5, 5.41) is 2.74. The first-order chi connectivity index (χ1) is 18.2. The average Bonchev–Trinajstić information content (AvgIpc) is 2.94. The molecule has 0 saturated carbocycles. The van der Waals surface area contributed by atoms with Gasteiger partial charge in [-0.2, -0.15) is 0 Å². The molecule has 3 aromatic carbocycles. The van der Waals surface area contributed by atoms with E-state index >= 15 is 0 Å². The molecule has 0 heterocycles. The Bertz CT molecular complexity index is 1330. The number of hydrogen-bond acceptors (Lipinski definition) is 6. The lowest BCUT2D eigenvalue weighted by Gasteiger charge is -2.32. The number of amides is 2. The summed E-state index contributed by atoms with van der Waals surface area (Å²) >= 11 is 0. The molecule has 202 valence electrons. The fourth-order valence-corrected chi connectivity index (χ4v) is 5.34. The molecule has 0 aliphatic carbocycles. The normalized spacial score (nSPS) is 11.8. The minimum Gasteiger partial charge on any atom is -0.493 e. The molecule has 1 N–H and O–H groups in total. The van der Waals surface area contributed by atoms with Crippen LogP contribution in [-0.2, 0) is 26.2 Å². The third-order valence-electron chi connectivity index (χ3n) is 5.98. The van der Waals surface area contributed by atoms with E-state index in [0.29, 0.717) is 18.0 Å². The topological polar surface area (TPSA) is 105 Å². The van der Waals surface area contributed by atoms with Gasteiger partial charge in [-0.25, -0.2) is 8.42 Å². The lowest BCUT2D eigenvalue weighted by atomic mass is 10.1. The van der Waals surface area contributed by atoms with Gasteiger partial charge in [-0.05, 0) is 43.7 Å². The van der Waals surface area contributed by atoms with E-state index in [9.17, 15) is 18.0 Å². The molecule has 0 fully saturated rings. The van der Waals surface area contributed by atoms with E-state index in [1.54, 1.807) is 44.2 Å². The molecule has 0 aromatic heterocycles. The Hall–Kier alpha value is -4.05. The molecular formula is C28H33N3O6S. The van der Waals surface area contributed by atoms with Crippen LogP contribution in [-0.4, -0.2) is 58.5 Å². The maximum absolute atomic E-state index is 13.8. The van der Waals surface area contributed by atoms with Crippen molar-refractivity contribution in [2.75, 3.05) is 31.6 Å². The number of ether oxygens (including phenoxy) is 2. The van der Waals surface area contributed by atoms with Crippen molar-refractivity contribution in [3.8, 4) is 11.5 Å².